The summed E-state index contributed by atoms with van der Waals surface area (Å²) in [5.41, 5.74) is 1.70. The number of aliphatic hydroxyl groups excluding tert-OH is 1. The van der Waals surface area contributed by atoms with Crippen molar-refractivity contribution in [3.63, 3.8) is 0 Å². The molecule has 238 valence electrons. The van der Waals surface area contributed by atoms with Crippen molar-refractivity contribution in [1.29, 1.82) is 0 Å². The third kappa shape index (κ3) is 14.1. The SMILES string of the molecule is C=CCC(CC(=O)NC(C)CO)C(=O)NC(COCc1ccccc1)COC(=O)C(CC=C)NC(=O)OCc1ccccc1. The summed E-state index contributed by atoms with van der Waals surface area (Å²) in [6, 6.07) is 16.2. The molecule has 0 aliphatic heterocycles. The predicted octanol–water partition coefficient (Wildman–Crippen LogP) is 3.18. The summed E-state index contributed by atoms with van der Waals surface area (Å²) < 4.78 is 16.5. The van der Waals surface area contributed by atoms with Gasteiger partial charge in [-0.2, -0.15) is 0 Å². The molecular weight excluding hydrogens is 566 g/mol. The van der Waals surface area contributed by atoms with E-state index in [-0.39, 0.29) is 52.3 Å². The monoisotopic (exact) mass is 609 g/mol. The van der Waals surface area contributed by atoms with Gasteiger partial charge >= 0.3 is 12.1 Å². The Morgan fingerprint density at radius 1 is 0.818 bits per heavy atom. The fourth-order valence-corrected chi connectivity index (χ4v) is 4.00. The molecule has 3 amide bonds. The van der Waals surface area contributed by atoms with E-state index in [1.165, 1.54) is 12.2 Å². The third-order valence-corrected chi connectivity index (χ3v) is 6.33. The molecule has 11 nitrogen and oxygen atoms in total. The zero-order valence-corrected chi connectivity index (χ0v) is 25.1. The number of carbonyl (C=O) groups is 4. The van der Waals surface area contributed by atoms with Crippen LogP contribution in [0.3, 0.4) is 0 Å². The van der Waals surface area contributed by atoms with E-state index in [0.717, 1.165) is 11.1 Å². The number of benzene rings is 2. The van der Waals surface area contributed by atoms with Crippen molar-refractivity contribution in [1.82, 2.24) is 16.0 Å². The number of ether oxygens (including phenoxy) is 3. The average molecular weight is 610 g/mol. The van der Waals surface area contributed by atoms with Crippen molar-refractivity contribution in [2.45, 2.75) is 57.5 Å². The molecule has 11 heteroatoms. The van der Waals surface area contributed by atoms with Gasteiger partial charge in [-0.1, -0.05) is 72.8 Å². The van der Waals surface area contributed by atoms with Gasteiger partial charge < -0.3 is 35.3 Å². The molecule has 0 saturated heterocycles. The maximum atomic E-state index is 13.2. The maximum absolute atomic E-state index is 13.2. The molecule has 0 aromatic heterocycles. The van der Waals surface area contributed by atoms with Crippen LogP contribution in [-0.2, 0) is 41.8 Å². The van der Waals surface area contributed by atoms with Crippen LogP contribution in [0.1, 0.15) is 37.3 Å². The Kier molecular flexibility index (Phi) is 16.6. The van der Waals surface area contributed by atoms with Crippen LogP contribution in [-0.4, -0.2) is 66.9 Å². The lowest BCUT2D eigenvalue weighted by Gasteiger charge is -2.24. The van der Waals surface area contributed by atoms with Crippen LogP contribution >= 0.6 is 0 Å². The molecule has 0 aliphatic rings. The summed E-state index contributed by atoms with van der Waals surface area (Å²) in [7, 11) is 0. The number of amides is 3. The maximum Gasteiger partial charge on any atom is 0.408 e. The molecule has 2 rings (SSSR count). The summed E-state index contributed by atoms with van der Waals surface area (Å²) in [5.74, 6) is -2.34. The van der Waals surface area contributed by atoms with Crippen LogP contribution in [0.25, 0.3) is 0 Å². The van der Waals surface area contributed by atoms with Crippen molar-refractivity contribution < 1.29 is 38.5 Å². The quantitative estimate of drug-likeness (QED) is 0.132. The molecule has 0 aliphatic carbocycles. The smallest absolute Gasteiger partial charge is 0.408 e. The molecule has 4 unspecified atom stereocenters. The second-order valence-electron chi connectivity index (χ2n) is 10.2. The topological polar surface area (TPSA) is 152 Å². The summed E-state index contributed by atoms with van der Waals surface area (Å²) >= 11 is 0. The standard InChI is InChI=1S/C33H43N3O8/c1-4-12-27(18-30(38)34-24(3)19-37)31(39)35-28(22-42-20-25-14-8-6-9-15-25)23-43-32(40)29(13-5-2)36-33(41)44-21-26-16-10-7-11-17-26/h4-11,14-17,24,27-29,37H,1-2,12-13,18-23H2,3H3,(H,34,38)(H,35,39)(H,36,41). The minimum absolute atomic E-state index is 0.00113. The summed E-state index contributed by atoms with van der Waals surface area (Å²) in [4.78, 5) is 50.9. The first-order valence-electron chi connectivity index (χ1n) is 14.4. The lowest BCUT2D eigenvalue weighted by Crippen LogP contribution is -2.47. The van der Waals surface area contributed by atoms with Crippen LogP contribution in [0.4, 0.5) is 4.79 Å². The Hall–Kier alpha value is -4.48. The Morgan fingerprint density at radius 2 is 1.43 bits per heavy atom. The first-order valence-corrected chi connectivity index (χ1v) is 14.4. The van der Waals surface area contributed by atoms with E-state index in [0.29, 0.717) is 0 Å². The van der Waals surface area contributed by atoms with Crippen LogP contribution in [0, 0.1) is 5.92 Å². The molecule has 0 heterocycles. The molecule has 4 N–H and O–H groups in total. The number of aliphatic hydroxyl groups is 1. The lowest BCUT2D eigenvalue weighted by molar-refractivity contribution is -0.148. The highest BCUT2D eigenvalue weighted by atomic mass is 16.6. The van der Waals surface area contributed by atoms with Gasteiger partial charge in [0.2, 0.25) is 11.8 Å². The molecule has 44 heavy (non-hydrogen) atoms. The molecule has 0 bridgehead atoms. The number of allylic oxidation sites excluding steroid dienone is 1. The van der Waals surface area contributed by atoms with Gasteiger partial charge in [-0.05, 0) is 30.9 Å². The van der Waals surface area contributed by atoms with Crippen LogP contribution in [0.5, 0.6) is 0 Å². The predicted molar refractivity (Wildman–Crippen MR) is 165 cm³/mol. The molecule has 0 spiro atoms. The van der Waals surface area contributed by atoms with Gasteiger partial charge in [0, 0.05) is 12.5 Å². The van der Waals surface area contributed by atoms with Gasteiger partial charge in [-0.3, -0.25) is 9.59 Å². The first kappa shape index (κ1) is 35.7. The first-order chi connectivity index (χ1) is 21.2. The number of carbonyl (C=O) groups excluding carboxylic acids is 4. The lowest BCUT2D eigenvalue weighted by atomic mass is 9.99. The molecule has 0 radical (unpaired) electrons. The van der Waals surface area contributed by atoms with E-state index >= 15 is 0 Å². The summed E-state index contributed by atoms with van der Waals surface area (Å²) in [6.07, 6.45) is 2.39. The van der Waals surface area contributed by atoms with E-state index in [4.69, 9.17) is 14.2 Å². The second-order valence-corrected chi connectivity index (χ2v) is 10.2. The minimum atomic E-state index is -1.07. The molecule has 2 aromatic rings. The number of alkyl carbamates (subject to hydrolysis) is 1. The molecule has 4 atom stereocenters. The van der Waals surface area contributed by atoms with Crippen LogP contribution in [0.15, 0.2) is 86.0 Å². The van der Waals surface area contributed by atoms with Gasteiger partial charge in [-0.15, -0.1) is 13.2 Å². The van der Waals surface area contributed by atoms with E-state index in [1.807, 2.05) is 48.5 Å². The fourth-order valence-electron chi connectivity index (χ4n) is 4.00. The summed E-state index contributed by atoms with van der Waals surface area (Å²) in [5, 5.41) is 17.2. The number of hydrogen-bond acceptors (Lipinski definition) is 8. The van der Waals surface area contributed by atoms with Crippen molar-refractivity contribution in [3.8, 4) is 0 Å². The minimum Gasteiger partial charge on any atom is -0.462 e. The van der Waals surface area contributed by atoms with Gasteiger partial charge in [0.25, 0.3) is 0 Å². The average Bonchev–Trinajstić information content (AvgIpc) is 3.02. The van der Waals surface area contributed by atoms with Crippen molar-refractivity contribution >= 4 is 23.9 Å². The Balaban J connectivity index is 2.03. The fraction of sp³-hybridized carbons (Fsp3) is 0.394. The molecular formula is C33H43N3O8. The van der Waals surface area contributed by atoms with Gasteiger partial charge in [-0.25, -0.2) is 9.59 Å². The summed E-state index contributed by atoms with van der Waals surface area (Å²) in [6.45, 7) is 8.76. The largest absolute Gasteiger partial charge is 0.462 e. The van der Waals surface area contributed by atoms with E-state index in [9.17, 15) is 24.3 Å². The van der Waals surface area contributed by atoms with Crippen molar-refractivity contribution in [2.24, 2.45) is 5.92 Å². The third-order valence-electron chi connectivity index (χ3n) is 6.33. The van der Waals surface area contributed by atoms with Gasteiger partial charge in [0.1, 0.15) is 19.3 Å². The van der Waals surface area contributed by atoms with E-state index in [2.05, 4.69) is 29.1 Å². The van der Waals surface area contributed by atoms with Crippen molar-refractivity contribution in [3.05, 3.63) is 97.1 Å². The zero-order chi connectivity index (χ0) is 32.2. The zero-order valence-electron chi connectivity index (χ0n) is 25.1. The van der Waals surface area contributed by atoms with Gasteiger partial charge in [0.05, 0.1) is 31.8 Å². The second kappa shape index (κ2) is 20.4. The number of nitrogens with one attached hydrogen (secondary N) is 3. The van der Waals surface area contributed by atoms with E-state index < -0.39 is 47.9 Å². The highest BCUT2D eigenvalue weighted by Gasteiger charge is 2.27. The highest BCUT2D eigenvalue weighted by molar-refractivity contribution is 5.86. The number of hydrogen-bond donors (Lipinski definition) is 4. The van der Waals surface area contributed by atoms with Crippen LogP contribution < -0.4 is 16.0 Å². The molecule has 0 fully saturated rings. The number of esters is 1. The Bertz CT molecular complexity index is 1190. The molecule has 2 aromatic carbocycles. The Morgan fingerprint density at radius 3 is 2.02 bits per heavy atom. The van der Waals surface area contributed by atoms with Crippen LogP contribution in [0.2, 0.25) is 0 Å². The molecule has 0 saturated carbocycles. The number of rotatable bonds is 20. The van der Waals surface area contributed by atoms with E-state index in [1.54, 1.807) is 19.1 Å². The normalized spacial score (nSPS) is 13.3. The highest BCUT2D eigenvalue weighted by Crippen LogP contribution is 2.12. The Labute approximate surface area is 258 Å². The van der Waals surface area contributed by atoms with Gasteiger partial charge in [0.15, 0.2) is 0 Å². The van der Waals surface area contributed by atoms with Crippen molar-refractivity contribution in [2.75, 3.05) is 19.8 Å².